The second-order valence-corrected chi connectivity index (χ2v) is 3.78. The van der Waals surface area contributed by atoms with Gasteiger partial charge >= 0.3 is 12.2 Å². The van der Waals surface area contributed by atoms with Gasteiger partial charge in [0.2, 0.25) is 0 Å². The van der Waals surface area contributed by atoms with Crippen molar-refractivity contribution in [3.63, 3.8) is 0 Å². The van der Waals surface area contributed by atoms with E-state index in [1.165, 1.54) is 29.5 Å². The third kappa shape index (κ3) is 3.18. The SMILES string of the molecule is Cc1cc(OC(F)(F)F)c(I)c([N+](=O)[O-])n1. The maximum atomic E-state index is 12.0. The molecule has 0 aliphatic carbocycles. The molecule has 1 heterocycles. The molecule has 5 nitrogen and oxygen atoms in total. The summed E-state index contributed by atoms with van der Waals surface area (Å²) < 4.78 is 39.3. The third-order valence-corrected chi connectivity index (χ3v) is 2.45. The van der Waals surface area contributed by atoms with Gasteiger partial charge in [-0.05, 0) is 32.5 Å². The zero-order valence-corrected chi connectivity index (χ0v) is 9.87. The summed E-state index contributed by atoms with van der Waals surface area (Å²) in [6.07, 6.45) is -4.89. The summed E-state index contributed by atoms with van der Waals surface area (Å²) in [5, 5.41) is 10.5. The lowest BCUT2D eigenvalue weighted by Gasteiger charge is -2.10. The molecular formula is C7H4F3IN2O3. The molecule has 0 unspecified atom stereocenters. The van der Waals surface area contributed by atoms with Crippen LogP contribution in [0.4, 0.5) is 19.0 Å². The second-order valence-electron chi connectivity index (χ2n) is 2.70. The van der Waals surface area contributed by atoms with E-state index in [1.54, 1.807) is 0 Å². The van der Waals surface area contributed by atoms with Crippen LogP contribution in [0, 0.1) is 20.6 Å². The van der Waals surface area contributed by atoms with E-state index in [0.717, 1.165) is 6.07 Å². The number of ether oxygens (including phenoxy) is 1. The standard InChI is InChI=1S/C7H4F3IN2O3/c1-3-2-4(16-7(8,9)10)5(11)6(12-3)13(14)15/h2H,1H3. The number of aryl methyl sites for hydroxylation is 1. The maximum absolute atomic E-state index is 12.0. The molecule has 0 radical (unpaired) electrons. The number of pyridine rings is 1. The maximum Gasteiger partial charge on any atom is 0.573 e. The molecule has 1 rings (SSSR count). The fraction of sp³-hybridized carbons (Fsp3) is 0.286. The monoisotopic (exact) mass is 348 g/mol. The Labute approximate surface area is 101 Å². The summed E-state index contributed by atoms with van der Waals surface area (Å²) in [5.74, 6) is -1.27. The van der Waals surface area contributed by atoms with Crippen LogP contribution < -0.4 is 4.74 Å². The van der Waals surface area contributed by atoms with E-state index in [1.807, 2.05) is 0 Å². The molecule has 0 N–H and O–H groups in total. The van der Waals surface area contributed by atoms with Crippen LogP contribution in [-0.2, 0) is 0 Å². The molecule has 16 heavy (non-hydrogen) atoms. The molecule has 0 amide bonds. The Morgan fingerprint density at radius 1 is 1.56 bits per heavy atom. The molecule has 0 aromatic carbocycles. The molecule has 0 spiro atoms. The third-order valence-electron chi connectivity index (χ3n) is 1.43. The molecule has 1 aromatic heterocycles. The first-order valence-electron chi connectivity index (χ1n) is 3.78. The van der Waals surface area contributed by atoms with Gasteiger partial charge in [-0.1, -0.05) is 0 Å². The van der Waals surface area contributed by atoms with Crippen molar-refractivity contribution in [1.29, 1.82) is 0 Å². The molecule has 0 bridgehead atoms. The molecule has 1 aromatic rings. The number of hydrogen-bond acceptors (Lipinski definition) is 4. The summed E-state index contributed by atoms with van der Waals surface area (Å²) in [6.45, 7) is 1.34. The van der Waals surface area contributed by atoms with E-state index in [9.17, 15) is 23.3 Å². The van der Waals surface area contributed by atoms with Crippen molar-refractivity contribution < 1.29 is 22.8 Å². The highest BCUT2D eigenvalue weighted by atomic mass is 127. The first kappa shape index (κ1) is 12.9. The fourth-order valence-electron chi connectivity index (χ4n) is 0.932. The van der Waals surface area contributed by atoms with Crippen molar-refractivity contribution in [1.82, 2.24) is 4.98 Å². The smallest absolute Gasteiger partial charge is 0.404 e. The molecule has 0 atom stereocenters. The Hall–Kier alpha value is -1.13. The van der Waals surface area contributed by atoms with Crippen LogP contribution in [0.5, 0.6) is 5.75 Å². The zero-order valence-electron chi connectivity index (χ0n) is 7.71. The minimum atomic E-state index is -4.89. The number of rotatable bonds is 2. The quantitative estimate of drug-likeness (QED) is 0.468. The van der Waals surface area contributed by atoms with Crippen LogP contribution in [0.1, 0.15) is 5.69 Å². The Kier molecular flexibility index (Phi) is 3.55. The van der Waals surface area contributed by atoms with Crippen molar-refractivity contribution in [3.8, 4) is 5.75 Å². The molecule has 0 saturated heterocycles. The lowest BCUT2D eigenvalue weighted by Crippen LogP contribution is -2.18. The Balaban J connectivity index is 3.25. The number of aromatic nitrogens is 1. The zero-order chi connectivity index (χ0) is 12.5. The minimum Gasteiger partial charge on any atom is -0.404 e. The van der Waals surface area contributed by atoms with Gasteiger partial charge in [0.15, 0.2) is 15.0 Å². The van der Waals surface area contributed by atoms with E-state index in [2.05, 4.69) is 9.72 Å². The summed E-state index contributed by atoms with van der Waals surface area (Å²) in [7, 11) is 0. The van der Waals surface area contributed by atoms with Crippen molar-refractivity contribution in [2.45, 2.75) is 13.3 Å². The van der Waals surface area contributed by atoms with Crippen LogP contribution in [0.25, 0.3) is 0 Å². The predicted molar refractivity (Wildman–Crippen MR) is 55.0 cm³/mol. The van der Waals surface area contributed by atoms with Gasteiger partial charge < -0.3 is 14.9 Å². The van der Waals surface area contributed by atoms with Crippen LogP contribution in [-0.4, -0.2) is 16.3 Å². The Morgan fingerprint density at radius 2 is 2.12 bits per heavy atom. The number of hydrogen-bond donors (Lipinski definition) is 0. The van der Waals surface area contributed by atoms with Crippen LogP contribution in [0.15, 0.2) is 6.07 Å². The highest BCUT2D eigenvalue weighted by molar-refractivity contribution is 14.1. The minimum absolute atomic E-state index is 0.0753. The number of halogens is 4. The Bertz CT molecular complexity index is 436. The molecular weight excluding hydrogens is 344 g/mol. The van der Waals surface area contributed by atoms with Gasteiger partial charge in [0, 0.05) is 13.0 Å². The van der Waals surface area contributed by atoms with E-state index in [0.29, 0.717) is 0 Å². The average molecular weight is 348 g/mol. The van der Waals surface area contributed by atoms with Crippen molar-refractivity contribution in [2.24, 2.45) is 0 Å². The first-order chi connectivity index (χ1) is 7.20. The average Bonchev–Trinajstić information content (AvgIpc) is 2.07. The number of nitrogens with zero attached hydrogens (tertiary/aromatic N) is 2. The first-order valence-corrected chi connectivity index (χ1v) is 4.86. The lowest BCUT2D eigenvalue weighted by atomic mass is 10.3. The summed E-state index contributed by atoms with van der Waals surface area (Å²) in [6, 6.07) is 0.988. The van der Waals surface area contributed by atoms with E-state index < -0.39 is 22.9 Å². The van der Waals surface area contributed by atoms with E-state index in [-0.39, 0.29) is 9.26 Å². The largest absolute Gasteiger partial charge is 0.573 e. The van der Waals surface area contributed by atoms with E-state index >= 15 is 0 Å². The van der Waals surface area contributed by atoms with Gasteiger partial charge in [-0.15, -0.1) is 13.2 Å². The van der Waals surface area contributed by atoms with Gasteiger partial charge in [0.05, 0.1) is 0 Å². The van der Waals surface area contributed by atoms with Gasteiger partial charge in [0.25, 0.3) is 0 Å². The van der Waals surface area contributed by atoms with Crippen LogP contribution in [0.2, 0.25) is 0 Å². The molecule has 0 fully saturated rings. The highest BCUT2D eigenvalue weighted by Gasteiger charge is 2.34. The topological polar surface area (TPSA) is 65.3 Å². The van der Waals surface area contributed by atoms with Crippen LogP contribution in [0.3, 0.4) is 0 Å². The second kappa shape index (κ2) is 4.39. The molecule has 88 valence electrons. The molecule has 0 aliphatic heterocycles. The van der Waals surface area contributed by atoms with Crippen LogP contribution >= 0.6 is 22.6 Å². The molecule has 9 heteroatoms. The fourth-order valence-corrected chi connectivity index (χ4v) is 1.51. The van der Waals surface area contributed by atoms with E-state index in [4.69, 9.17) is 0 Å². The van der Waals surface area contributed by atoms with Gasteiger partial charge in [0.1, 0.15) is 0 Å². The van der Waals surface area contributed by atoms with Gasteiger partial charge in [-0.2, -0.15) is 0 Å². The van der Waals surface area contributed by atoms with Crippen molar-refractivity contribution >= 4 is 28.4 Å². The van der Waals surface area contributed by atoms with Gasteiger partial charge in [-0.25, -0.2) is 0 Å². The van der Waals surface area contributed by atoms with Gasteiger partial charge in [-0.3, -0.25) is 0 Å². The lowest BCUT2D eigenvalue weighted by molar-refractivity contribution is -0.390. The summed E-state index contributed by atoms with van der Waals surface area (Å²) in [5.41, 5.74) is 0.0753. The summed E-state index contributed by atoms with van der Waals surface area (Å²) in [4.78, 5) is 13.1. The van der Waals surface area contributed by atoms with Crippen molar-refractivity contribution in [2.75, 3.05) is 0 Å². The summed E-state index contributed by atoms with van der Waals surface area (Å²) >= 11 is 1.38. The predicted octanol–water partition coefficient (Wildman–Crippen LogP) is 2.80. The molecule has 0 saturated carbocycles. The number of nitro groups is 1. The van der Waals surface area contributed by atoms with Crippen molar-refractivity contribution in [3.05, 3.63) is 25.4 Å². The number of alkyl halides is 3. The normalized spacial score (nSPS) is 11.3. The Morgan fingerprint density at radius 3 is 2.56 bits per heavy atom. The highest BCUT2D eigenvalue weighted by Crippen LogP contribution is 2.32. The molecule has 0 aliphatic rings.